The number of aliphatic hydroxyl groups is 1. The van der Waals surface area contributed by atoms with Crippen molar-refractivity contribution in [3.8, 4) is 0 Å². The molecule has 2 aromatic rings. The molecule has 0 aliphatic carbocycles. The van der Waals surface area contributed by atoms with Gasteiger partial charge in [0.2, 0.25) is 23.6 Å². The van der Waals surface area contributed by atoms with Crippen LogP contribution >= 0.6 is 0 Å². The zero-order chi connectivity index (χ0) is 35.8. The van der Waals surface area contributed by atoms with E-state index in [0.29, 0.717) is 24.1 Å². The van der Waals surface area contributed by atoms with Crippen LogP contribution in [0, 0.1) is 23.7 Å². The topological polar surface area (TPSA) is 187 Å². The number of benzene rings is 1. The van der Waals surface area contributed by atoms with Crippen molar-refractivity contribution >= 4 is 29.6 Å². The van der Waals surface area contributed by atoms with Gasteiger partial charge in [-0.3, -0.25) is 24.2 Å². The Bertz CT molecular complexity index is 1320. The molecule has 12 nitrogen and oxygen atoms in total. The van der Waals surface area contributed by atoms with E-state index in [0.717, 1.165) is 0 Å². The summed E-state index contributed by atoms with van der Waals surface area (Å²) in [7, 11) is 0. The molecule has 4 amide bonds. The van der Waals surface area contributed by atoms with Crippen LogP contribution in [-0.4, -0.2) is 69.0 Å². The summed E-state index contributed by atoms with van der Waals surface area (Å²) in [5.74, 6) is -4.28. The summed E-state index contributed by atoms with van der Waals surface area (Å²) in [5.41, 5.74) is 1.39. The number of carboxylic acid groups (broad SMARTS) is 1. The molecular formula is C36H53N5O7. The highest BCUT2D eigenvalue weighted by molar-refractivity contribution is 5.90. The normalized spacial score (nSPS) is 15.0. The highest BCUT2D eigenvalue weighted by Crippen LogP contribution is 2.23. The van der Waals surface area contributed by atoms with Crippen LogP contribution in [0.4, 0.5) is 0 Å². The molecule has 0 spiro atoms. The second-order valence-corrected chi connectivity index (χ2v) is 13.2. The number of nitrogens with zero attached hydrogens (tertiary/aromatic N) is 1. The Hall–Kier alpha value is -4.32. The van der Waals surface area contributed by atoms with Crippen molar-refractivity contribution in [2.45, 2.75) is 104 Å². The minimum absolute atomic E-state index is 0.000117. The lowest BCUT2D eigenvalue weighted by Gasteiger charge is -2.31. The van der Waals surface area contributed by atoms with Crippen LogP contribution in [0.3, 0.4) is 0 Å². The highest BCUT2D eigenvalue weighted by atomic mass is 16.4. The Kier molecular flexibility index (Phi) is 16.7. The maximum absolute atomic E-state index is 13.6. The summed E-state index contributed by atoms with van der Waals surface area (Å²) >= 11 is 0. The van der Waals surface area contributed by atoms with E-state index >= 15 is 0 Å². The fourth-order valence-electron chi connectivity index (χ4n) is 5.36. The first kappa shape index (κ1) is 39.9. The van der Waals surface area contributed by atoms with Crippen molar-refractivity contribution in [2.24, 2.45) is 23.7 Å². The van der Waals surface area contributed by atoms with E-state index < -0.39 is 54.4 Å². The summed E-state index contributed by atoms with van der Waals surface area (Å²) in [6, 6.07) is 11.2. The van der Waals surface area contributed by atoms with Crippen molar-refractivity contribution in [1.29, 1.82) is 0 Å². The molecule has 0 unspecified atom stereocenters. The molecule has 0 aliphatic heterocycles. The fraction of sp³-hybridized carbons (Fsp3) is 0.556. The molecule has 1 heterocycles. The number of carbonyl (C=O) groups is 5. The predicted octanol–water partition coefficient (Wildman–Crippen LogP) is 2.99. The van der Waals surface area contributed by atoms with Crippen LogP contribution in [-0.2, 0) is 36.9 Å². The number of amides is 4. The van der Waals surface area contributed by atoms with Crippen LogP contribution in [0.2, 0.25) is 0 Å². The van der Waals surface area contributed by atoms with Crippen LogP contribution < -0.4 is 21.3 Å². The summed E-state index contributed by atoms with van der Waals surface area (Å²) < 4.78 is 0. The molecule has 0 bridgehead atoms. The summed E-state index contributed by atoms with van der Waals surface area (Å²) in [6.07, 6.45) is 0.925. The van der Waals surface area contributed by atoms with Gasteiger partial charge in [0.15, 0.2) is 0 Å². The van der Waals surface area contributed by atoms with Crippen molar-refractivity contribution in [3.05, 3.63) is 66.0 Å². The van der Waals surface area contributed by atoms with Crippen molar-refractivity contribution < 1.29 is 34.2 Å². The van der Waals surface area contributed by atoms with E-state index in [1.165, 1.54) is 0 Å². The average molecular weight is 668 g/mol. The molecule has 0 radical (unpaired) electrons. The Balaban J connectivity index is 2.09. The number of rotatable bonds is 20. The van der Waals surface area contributed by atoms with Gasteiger partial charge < -0.3 is 31.5 Å². The lowest BCUT2D eigenvalue weighted by Crippen LogP contribution is -2.53. The standard InChI is InChI=1S/C36H53N5O7/c1-7-24(6)33(35(46)38-21-26-15-11-12-16-37-26)41-34(45)27(23(4)5)19-30(42)28(17-22(2)3)39-32(44)20-29(36(47)48)40-31(43)18-25-13-9-8-10-14-25/h8-16,22-24,27-30,33,42H,7,17-21H2,1-6H3,(H,38,46)(H,39,44)(H,40,43)(H,41,45)(H,47,48)/t24-,27-,28-,29+,30-,33-/m0/s1. The van der Waals surface area contributed by atoms with Crippen molar-refractivity contribution in [3.63, 3.8) is 0 Å². The van der Waals surface area contributed by atoms with Gasteiger partial charge in [0.1, 0.15) is 12.1 Å². The summed E-state index contributed by atoms with van der Waals surface area (Å²) in [6.45, 7) is 11.6. The van der Waals surface area contributed by atoms with Gasteiger partial charge in [-0.15, -0.1) is 0 Å². The third-order valence-corrected chi connectivity index (χ3v) is 8.37. The Morgan fingerprint density at radius 2 is 1.48 bits per heavy atom. The van der Waals surface area contributed by atoms with Gasteiger partial charge in [-0.05, 0) is 48.3 Å². The van der Waals surface area contributed by atoms with Gasteiger partial charge >= 0.3 is 5.97 Å². The van der Waals surface area contributed by atoms with Gasteiger partial charge in [-0.25, -0.2) is 4.79 Å². The molecule has 6 N–H and O–H groups in total. The molecule has 6 atom stereocenters. The van der Waals surface area contributed by atoms with Crippen LogP contribution in [0.5, 0.6) is 0 Å². The maximum atomic E-state index is 13.6. The molecule has 2 rings (SSSR count). The lowest BCUT2D eigenvalue weighted by atomic mass is 9.85. The molecular weight excluding hydrogens is 614 g/mol. The monoisotopic (exact) mass is 667 g/mol. The number of aromatic nitrogens is 1. The minimum atomic E-state index is -1.46. The van der Waals surface area contributed by atoms with Crippen LogP contribution in [0.15, 0.2) is 54.7 Å². The first-order chi connectivity index (χ1) is 22.7. The highest BCUT2D eigenvalue weighted by Gasteiger charge is 2.34. The van der Waals surface area contributed by atoms with Gasteiger partial charge in [-0.2, -0.15) is 0 Å². The van der Waals surface area contributed by atoms with E-state index in [4.69, 9.17) is 0 Å². The molecule has 264 valence electrons. The molecule has 48 heavy (non-hydrogen) atoms. The number of nitrogens with one attached hydrogen (secondary N) is 4. The molecule has 0 fully saturated rings. The second kappa shape index (κ2) is 20.1. The smallest absolute Gasteiger partial charge is 0.326 e. The number of carboxylic acids is 1. The lowest BCUT2D eigenvalue weighted by molar-refractivity contribution is -0.143. The molecule has 1 aromatic carbocycles. The molecule has 0 saturated heterocycles. The largest absolute Gasteiger partial charge is 0.480 e. The van der Waals surface area contributed by atoms with Crippen molar-refractivity contribution in [1.82, 2.24) is 26.3 Å². The maximum Gasteiger partial charge on any atom is 0.326 e. The quantitative estimate of drug-likeness (QED) is 0.124. The Morgan fingerprint density at radius 1 is 0.812 bits per heavy atom. The van der Waals surface area contributed by atoms with E-state index in [-0.39, 0.29) is 49.0 Å². The molecule has 1 aromatic heterocycles. The SMILES string of the molecule is CC[C@H](C)[C@H](NC(=O)[C@@H](C[C@H](O)[C@H](CC(C)C)NC(=O)C[C@@H](NC(=O)Cc1ccccc1)C(=O)O)C(C)C)C(=O)NCc1ccccn1. The number of carbonyl (C=O) groups excluding carboxylic acids is 4. The fourth-order valence-corrected chi connectivity index (χ4v) is 5.36. The number of hydrogen-bond acceptors (Lipinski definition) is 7. The summed E-state index contributed by atoms with van der Waals surface area (Å²) in [4.78, 5) is 68.6. The average Bonchev–Trinajstić information content (AvgIpc) is 3.04. The van der Waals surface area contributed by atoms with Gasteiger partial charge in [0.25, 0.3) is 0 Å². The number of aliphatic carboxylic acids is 1. The van der Waals surface area contributed by atoms with Gasteiger partial charge in [0.05, 0.1) is 37.2 Å². The Morgan fingerprint density at radius 3 is 2.04 bits per heavy atom. The Labute approximate surface area is 283 Å². The van der Waals surface area contributed by atoms with E-state index in [1.54, 1.807) is 48.7 Å². The van der Waals surface area contributed by atoms with E-state index in [1.807, 2.05) is 47.6 Å². The number of hydrogen-bond donors (Lipinski definition) is 6. The zero-order valence-electron chi connectivity index (χ0n) is 28.9. The number of aliphatic hydroxyl groups excluding tert-OH is 1. The third kappa shape index (κ3) is 13.8. The minimum Gasteiger partial charge on any atom is -0.480 e. The third-order valence-electron chi connectivity index (χ3n) is 8.37. The van der Waals surface area contributed by atoms with Crippen LogP contribution in [0.25, 0.3) is 0 Å². The molecule has 12 heteroatoms. The first-order valence-corrected chi connectivity index (χ1v) is 16.7. The second-order valence-electron chi connectivity index (χ2n) is 13.2. The van der Waals surface area contributed by atoms with E-state index in [9.17, 15) is 34.2 Å². The predicted molar refractivity (Wildman–Crippen MR) is 182 cm³/mol. The summed E-state index contributed by atoms with van der Waals surface area (Å²) in [5, 5.41) is 32.0. The zero-order valence-corrected chi connectivity index (χ0v) is 28.9. The molecule has 0 aliphatic rings. The van der Waals surface area contributed by atoms with E-state index in [2.05, 4.69) is 26.3 Å². The van der Waals surface area contributed by atoms with Gasteiger partial charge in [0, 0.05) is 12.1 Å². The van der Waals surface area contributed by atoms with Crippen molar-refractivity contribution in [2.75, 3.05) is 0 Å². The van der Waals surface area contributed by atoms with Crippen LogP contribution in [0.1, 0.15) is 78.5 Å². The van der Waals surface area contributed by atoms with Gasteiger partial charge in [-0.1, -0.05) is 84.4 Å². The number of pyridine rings is 1. The molecule has 0 saturated carbocycles. The first-order valence-electron chi connectivity index (χ1n) is 16.7.